The van der Waals surface area contributed by atoms with Crippen molar-refractivity contribution in [2.75, 3.05) is 25.0 Å². The molecule has 178 valence electrons. The monoisotopic (exact) mass is 485 g/mol. The van der Waals surface area contributed by atoms with Gasteiger partial charge >= 0.3 is 0 Å². The van der Waals surface area contributed by atoms with Gasteiger partial charge in [-0.3, -0.25) is 9.59 Å². The van der Waals surface area contributed by atoms with Crippen LogP contribution in [0.2, 0.25) is 0 Å². The van der Waals surface area contributed by atoms with Gasteiger partial charge in [0.15, 0.2) is 0 Å². The van der Waals surface area contributed by atoms with Gasteiger partial charge in [-0.25, -0.2) is 9.97 Å². The fraction of sp³-hybridized carbons (Fsp3) is 0.333. The van der Waals surface area contributed by atoms with E-state index in [1.807, 2.05) is 46.7 Å². The Labute approximate surface area is 207 Å². The first kappa shape index (κ1) is 22.0. The predicted octanol–water partition coefficient (Wildman–Crippen LogP) is 4.08. The molecule has 2 atom stereocenters. The van der Waals surface area contributed by atoms with E-state index in [1.165, 1.54) is 16.9 Å². The van der Waals surface area contributed by atoms with Crippen molar-refractivity contribution in [2.24, 2.45) is 5.92 Å². The molecule has 3 aromatic heterocycles. The van der Waals surface area contributed by atoms with Crippen molar-refractivity contribution in [2.45, 2.75) is 32.2 Å². The number of aromatic nitrogens is 3. The van der Waals surface area contributed by atoms with Gasteiger partial charge < -0.3 is 14.8 Å². The van der Waals surface area contributed by atoms with E-state index in [9.17, 15) is 9.59 Å². The van der Waals surface area contributed by atoms with E-state index in [0.29, 0.717) is 25.6 Å². The number of hydrogen-bond donors (Lipinski definition) is 1. The molecule has 2 aliphatic heterocycles. The van der Waals surface area contributed by atoms with E-state index in [2.05, 4.69) is 27.4 Å². The van der Waals surface area contributed by atoms with Gasteiger partial charge in [-0.05, 0) is 42.9 Å². The van der Waals surface area contributed by atoms with E-state index in [1.54, 1.807) is 12.4 Å². The number of benzene rings is 1. The van der Waals surface area contributed by atoms with Gasteiger partial charge in [0.25, 0.3) is 11.5 Å². The number of carbonyl (C=O) groups excluding carboxylic acids is 1. The quantitative estimate of drug-likeness (QED) is 0.461. The molecule has 5 heterocycles. The van der Waals surface area contributed by atoms with Gasteiger partial charge in [0.2, 0.25) is 0 Å². The number of nitrogens with one attached hydrogen (secondary N) is 1. The Kier molecular flexibility index (Phi) is 5.60. The van der Waals surface area contributed by atoms with Crippen LogP contribution in [0, 0.1) is 12.8 Å². The molecule has 2 bridgehead atoms. The summed E-state index contributed by atoms with van der Waals surface area (Å²) >= 11 is 1.45. The van der Waals surface area contributed by atoms with Gasteiger partial charge in [0.1, 0.15) is 17.0 Å². The summed E-state index contributed by atoms with van der Waals surface area (Å²) in [5, 5.41) is 4.39. The summed E-state index contributed by atoms with van der Waals surface area (Å²) in [6.45, 7) is 4.75. The van der Waals surface area contributed by atoms with Crippen molar-refractivity contribution >= 4 is 33.3 Å². The van der Waals surface area contributed by atoms with Crippen molar-refractivity contribution < 1.29 is 4.79 Å². The minimum Gasteiger partial charge on any atom is -0.369 e. The second kappa shape index (κ2) is 8.92. The molecule has 8 heteroatoms. The largest absolute Gasteiger partial charge is 0.369 e. The highest BCUT2D eigenvalue weighted by atomic mass is 32.1. The Morgan fingerprint density at radius 1 is 1.09 bits per heavy atom. The first-order valence-corrected chi connectivity index (χ1v) is 12.9. The number of anilines is 1. The van der Waals surface area contributed by atoms with Gasteiger partial charge in [0.05, 0.1) is 10.3 Å². The standard InChI is InChI=1S/C27H27N5O2S/c1-17-23-25(28-11-10-18-6-3-2-4-7-18)29-16-30-26(23)35-24(17)27(34)31-13-19-12-20(15-31)21-8-5-9-22(33)32(21)14-19/h2-9,16,19-20H,10-15H2,1H3,(H,28,29,30)/t19-,20-/m0/s1. The molecular weight excluding hydrogens is 458 g/mol. The topological polar surface area (TPSA) is 80.1 Å². The van der Waals surface area contributed by atoms with E-state index in [-0.39, 0.29) is 17.4 Å². The third-order valence-corrected chi connectivity index (χ3v) is 8.42. The van der Waals surface area contributed by atoms with Crippen LogP contribution in [0.25, 0.3) is 10.2 Å². The number of nitrogens with zero attached hydrogens (tertiary/aromatic N) is 4. The maximum Gasteiger partial charge on any atom is 0.264 e. The molecular formula is C27H27N5O2S. The molecule has 1 aromatic carbocycles. The van der Waals surface area contributed by atoms with Crippen molar-refractivity contribution in [1.29, 1.82) is 0 Å². The van der Waals surface area contributed by atoms with Crippen molar-refractivity contribution in [3.05, 3.63) is 86.9 Å². The summed E-state index contributed by atoms with van der Waals surface area (Å²) in [6.07, 6.45) is 3.49. The summed E-state index contributed by atoms with van der Waals surface area (Å²) in [5.41, 5.74) is 3.31. The predicted molar refractivity (Wildman–Crippen MR) is 138 cm³/mol. The number of thiophene rings is 1. The second-order valence-electron chi connectivity index (χ2n) is 9.53. The van der Waals surface area contributed by atoms with Crippen LogP contribution < -0.4 is 10.9 Å². The van der Waals surface area contributed by atoms with E-state index < -0.39 is 0 Å². The third-order valence-electron chi connectivity index (χ3n) is 7.24. The molecule has 0 radical (unpaired) electrons. The van der Waals surface area contributed by atoms with Gasteiger partial charge in [-0.1, -0.05) is 36.4 Å². The number of amides is 1. The van der Waals surface area contributed by atoms with Crippen molar-refractivity contribution in [1.82, 2.24) is 19.4 Å². The SMILES string of the molecule is Cc1c(C(=O)N2C[C@@H]3C[C@@H](C2)c2cccc(=O)n2C3)sc2ncnc(NCCc3ccccc3)c12. The normalized spacial score (nSPS) is 18.9. The zero-order valence-electron chi connectivity index (χ0n) is 19.6. The first-order chi connectivity index (χ1) is 17.1. The molecule has 6 rings (SSSR count). The molecule has 1 amide bonds. The molecule has 1 saturated heterocycles. The first-order valence-electron chi connectivity index (χ1n) is 12.1. The summed E-state index contributed by atoms with van der Waals surface area (Å²) in [7, 11) is 0. The zero-order chi connectivity index (χ0) is 23.9. The van der Waals surface area contributed by atoms with E-state index >= 15 is 0 Å². The second-order valence-corrected chi connectivity index (χ2v) is 10.5. The maximum absolute atomic E-state index is 13.7. The lowest BCUT2D eigenvalue weighted by Gasteiger charge is -2.42. The van der Waals surface area contributed by atoms with Crippen LogP contribution in [0.3, 0.4) is 0 Å². The smallest absolute Gasteiger partial charge is 0.264 e. The highest BCUT2D eigenvalue weighted by Crippen LogP contribution is 2.38. The van der Waals surface area contributed by atoms with Crippen LogP contribution in [0.5, 0.6) is 0 Å². The number of hydrogen-bond acceptors (Lipinski definition) is 6. The number of pyridine rings is 1. The van der Waals surface area contributed by atoms with Gasteiger partial charge in [-0.15, -0.1) is 11.3 Å². The average Bonchev–Trinajstić information content (AvgIpc) is 3.22. The molecule has 0 saturated carbocycles. The van der Waals surface area contributed by atoms with Crippen LogP contribution in [0.15, 0.2) is 59.7 Å². The Balaban J connectivity index is 1.24. The highest BCUT2D eigenvalue weighted by molar-refractivity contribution is 7.20. The summed E-state index contributed by atoms with van der Waals surface area (Å²) < 4.78 is 1.90. The van der Waals surface area contributed by atoms with Crippen molar-refractivity contribution in [3.63, 3.8) is 0 Å². The molecule has 0 spiro atoms. The Hall–Kier alpha value is -3.52. The van der Waals surface area contributed by atoms with E-state index in [0.717, 1.165) is 51.6 Å². The molecule has 0 unspecified atom stereocenters. The Morgan fingerprint density at radius 2 is 1.94 bits per heavy atom. The minimum atomic E-state index is 0.0576. The minimum absolute atomic E-state index is 0.0576. The van der Waals surface area contributed by atoms with Crippen LogP contribution in [-0.2, 0) is 13.0 Å². The Morgan fingerprint density at radius 3 is 2.80 bits per heavy atom. The number of likely N-dealkylation sites (tertiary alicyclic amines) is 1. The summed E-state index contributed by atoms with van der Waals surface area (Å²) in [4.78, 5) is 38.5. The van der Waals surface area contributed by atoms with Crippen LogP contribution in [0.1, 0.15) is 38.8 Å². The van der Waals surface area contributed by atoms with Gasteiger partial charge in [0, 0.05) is 43.9 Å². The fourth-order valence-electron chi connectivity index (χ4n) is 5.59. The third kappa shape index (κ3) is 4.01. The van der Waals surface area contributed by atoms with Crippen molar-refractivity contribution in [3.8, 4) is 0 Å². The summed E-state index contributed by atoms with van der Waals surface area (Å²) in [5.74, 6) is 1.34. The molecule has 2 aliphatic rings. The lowest BCUT2D eigenvalue weighted by Crippen LogP contribution is -2.49. The Bertz CT molecular complexity index is 1460. The fourth-order valence-corrected chi connectivity index (χ4v) is 6.70. The average molecular weight is 486 g/mol. The molecule has 1 fully saturated rings. The number of rotatable bonds is 5. The van der Waals surface area contributed by atoms with E-state index in [4.69, 9.17) is 0 Å². The van der Waals surface area contributed by atoms with Crippen LogP contribution in [0.4, 0.5) is 5.82 Å². The summed E-state index contributed by atoms with van der Waals surface area (Å²) in [6, 6.07) is 15.8. The molecule has 4 aromatic rings. The maximum atomic E-state index is 13.7. The van der Waals surface area contributed by atoms with Crippen LogP contribution in [-0.4, -0.2) is 45.0 Å². The van der Waals surface area contributed by atoms with Gasteiger partial charge in [-0.2, -0.15) is 0 Å². The molecule has 35 heavy (non-hydrogen) atoms. The highest BCUT2D eigenvalue weighted by Gasteiger charge is 2.37. The number of carbonyl (C=O) groups is 1. The number of aryl methyl sites for hydroxylation is 1. The lowest BCUT2D eigenvalue weighted by atomic mass is 9.83. The molecule has 7 nitrogen and oxygen atoms in total. The molecule has 0 aliphatic carbocycles. The lowest BCUT2D eigenvalue weighted by molar-refractivity contribution is 0.0599. The van der Waals surface area contributed by atoms with Crippen LogP contribution >= 0.6 is 11.3 Å². The zero-order valence-corrected chi connectivity index (χ0v) is 20.4. The molecule has 1 N–H and O–H groups in total. The number of fused-ring (bicyclic) bond motifs is 5. The number of piperidine rings is 1.